The number of para-hydroxylation sites is 2. The number of carbonyl (C=O) groups is 2. The molecule has 0 spiro atoms. The van der Waals surface area contributed by atoms with Gasteiger partial charge in [0.05, 0.1) is 6.61 Å². The Bertz CT molecular complexity index is 695. The second kappa shape index (κ2) is 8.72. The van der Waals surface area contributed by atoms with Gasteiger partial charge in [-0.1, -0.05) is 19.1 Å². The molecule has 0 fully saturated rings. The number of benzene rings is 2. The zero-order valence-corrected chi connectivity index (χ0v) is 13.9. The lowest BCUT2D eigenvalue weighted by atomic mass is 10.1. The molecule has 24 heavy (non-hydrogen) atoms. The maximum Gasteiger partial charge on any atom is 0.262 e. The fraction of sp³-hybridized carbons (Fsp3) is 0.263. The maximum absolute atomic E-state index is 12.0. The second-order valence-electron chi connectivity index (χ2n) is 5.27. The van der Waals surface area contributed by atoms with E-state index in [1.165, 1.54) is 6.92 Å². The SMILES string of the molecule is CCCOc1ccccc1OCC(=O)Nc1ccc(C(C)=O)cc1. The standard InChI is InChI=1S/C19H21NO4/c1-3-12-23-17-6-4-5-7-18(17)24-13-19(22)20-16-10-8-15(9-11-16)14(2)21/h4-11H,3,12-13H2,1-2H3,(H,20,22). The van der Waals surface area contributed by atoms with E-state index < -0.39 is 0 Å². The molecule has 0 saturated carbocycles. The third kappa shape index (κ3) is 5.12. The topological polar surface area (TPSA) is 64.6 Å². The summed E-state index contributed by atoms with van der Waals surface area (Å²) in [5.41, 5.74) is 1.22. The van der Waals surface area contributed by atoms with Crippen molar-refractivity contribution in [2.24, 2.45) is 0 Å². The predicted molar refractivity (Wildman–Crippen MR) is 92.8 cm³/mol. The van der Waals surface area contributed by atoms with Gasteiger partial charge in [0, 0.05) is 11.3 Å². The number of hydrogen-bond donors (Lipinski definition) is 1. The van der Waals surface area contributed by atoms with Crippen molar-refractivity contribution in [2.45, 2.75) is 20.3 Å². The Morgan fingerprint density at radius 1 is 0.958 bits per heavy atom. The average Bonchev–Trinajstić information content (AvgIpc) is 2.59. The summed E-state index contributed by atoms with van der Waals surface area (Å²) in [7, 11) is 0. The highest BCUT2D eigenvalue weighted by Gasteiger charge is 2.08. The van der Waals surface area contributed by atoms with Crippen LogP contribution in [0.3, 0.4) is 0 Å². The first kappa shape index (κ1) is 17.5. The van der Waals surface area contributed by atoms with Gasteiger partial charge in [0.25, 0.3) is 5.91 Å². The van der Waals surface area contributed by atoms with Gasteiger partial charge in [-0.05, 0) is 49.7 Å². The lowest BCUT2D eigenvalue weighted by Crippen LogP contribution is -2.20. The Labute approximate surface area is 141 Å². The van der Waals surface area contributed by atoms with Crippen LogP contribution in [-0.4, -0.2) is 24.9 Å². The molecular formula is C19H21NO4. The quantitative estimate of drug-likeness (QED) is 0.751. The number of amides is 1. The second-order valence-corrected chi connectivity index (χ2v) is 5.27. The minimum Gasteiger partial charge on any atom is -0.490 e. The molecule has 0 aliphatic heterocycles. The molecule has 0 aliphatic rings. The third-order valence-corrected chi connectivity index (χ3v) is 3.24. The van der Waals surface area contributed by atoms with E-state index in [9.17, 15) is 9.59 Å². The molecule has 0 heterocycles. The van der Waals surface area contributed by atoms with Gasteiger partial charge in [0.2, 0.25) is 0 Å². The van der Waals surface area contributed by atoms with Crippen LogP contribution in [0.15, 0.2) is 48.5 Å². The van der Waals surface area contributed by atoms with Gasteiger partial charge in [-0.25, -0.2) is 0 Å². The summed E-state index contributed by atoms with van der Waals surface area (Å²) in [6, 6.07) is 14.0. The van der Waals surface area contributed by atoms with Crippen molar-refractivity contribution in [2.75, 3.05) is 18.5 Å². The molecule has 0 radical (unpaired) electrons. The number of ketones is 1. The van der Waals surface area contributed by atoms with Crippen molar-refractivity contribution in [1.82, 2.24) is 0 Å². The molecule has 0 aromatic heterocycles. The molecule has 126 valence electrons. The van der Waals surface area contributed by atoms with Crippen LogP contribution in [0.25, 0.3) is 0 Å². The van der Waals surface area contributed by atoms with Gasteiger partial charge in [-0.3, -0.25) is 9.59 Å². The van der Waals surface area contributed by atoms with Crippen molar-refractivity contribution in [3.8, 4) is 11.5 Å². The molecule has 0 saturated heterocycles. The Kier molecular flexibility index (Phi) is 6.37. The molecule has 0 bridgehead atoms. The van der Waals surface area contributed by atoms with Crippen LogP contribution in [-0.2, 0) is 4.79 Å². The van der Waals surface area contributed by atoms with Crippen LogP contribution in [0.5, 0.6) is 11.5 Å². The summed E-state index contributed by atoms with van der Waals surface area (Å²) >= 11 is 0. The molecule has 1 N–H and O–H groups in total. The summed E-state index contributed by atoms with van der Waals surface area (Å²) in [5.74, 6) is 0.863. The fourth-order valence-electron chi connectivity index (χ4n) is 2.03. The van der Waals surface area contributed by atoms with Gasteiger partial charge >= 0.3 is 0 Å². The van der Waals surface area contributed by atoms with E-state index in [1.807, 2.05) is 25.1 Å². The molecule has 2 aromatic rings. The molecule has 0 unspecified atom stereocenters. The molecular weight excluding hydrogens is 306 g/mol. The van der Waals surface area contributed by atoms with Crippen molar-refractivity contribution in [3.05, 3.63) is 54.1 Å². The van der Waals surface area contributed by atoms with E-state index in [-0.39, 0.29) is 18.3 Å². The molecule has 2 aromatic carbocycles. The van der Waals surface area contributed by atoms with Crippen LogP contribution in [0.4, 0.5) is 5.69 Å². The number of nitrogens with one attached hydrogen (secondary N) is 1. The van der Waals surface area contributed by atoms with Gasteiger partial charge in [0.1, 0.15) is 0 Å². The predicted octanol–water partition coefficient (Wildman–Crippen LogP) is 3.70. The fourth-order valence-corrected chi connectivity index (χ4v) is 2.03. The molecule has 0 aliphatic carbocycles. The molecule has 2 rings (SSSR count). The Morgan fingerprint density at radius 3 is 2.17 bits per heavy atom. The highest BCUT2D eigenvalue weighted by Crippen LogP contribution is 2.26. The Balaban J connectivity index is 1.90. The number of anilines is 1. The smallest absolute Gasteiger partial charge is 0.262 e. The van der Waals surface area contributed by atoms with Crippen molar-refractivity contribution in [3.63, 3.8) is 0 Å². The van der Waals surface area contributed by atoms with Gasteiger partial charge in [0.15, 0.2) is 23.9 Å². The Hall–Kier alpha value is -2.82. The third-order valence-electron chi connectivity index (χ3n) is 3.24. The molecule has 0 atom stereocenters. The monoisotopic (exact) mass is 327 g/mol. The first-order chi connectivity index (χ1) is 11.6. The summed E-state index contributed by atoms with van der Waals surface area (Å²) in [6.45, 7) is 3.99. The summed E-state index contributed by atoms with van der Waals surface area (Å²) in [6.07, 6.45) is 0.894. The maximum atomic E-state index is 12.0. The number of carbonyl (C=O) groups excluding carboxylic acids is 2. The summed E-state index contributed by atoms with van der Waals surface area (Å²) < 4.78 is 11.1. The van der Waals surface area contributed by atoms with Crippen molar-refractivity contribution in [1.29, 1.82) is 0 Å². The van der Waals surface area contributed by atoms with Crippen LogP contribution in [0, 0.1) is 0 Å². The number of ether oxygens (including phenoxy) is 2. The van der Waals surface area contributed by atoms with E-state index in [2.05, 4.69) is 5.32 Å². The zero-order chi connectivity index (χ0) is 17.4. The number of rotatable bonds is 8. The number of Topliss-reactive ketones (excluding diaryl/α,β-unsaturated/α-hetero) is 1. The molecule has 1 amide bonds. The van der Waals surface area contributed by atoms with Gasteiger partial charge in [-0.2, -0.15) is 0 Å². The lowest BCUT2D eigenvalue weighted by molar-refractivity contribution is -0.118. The normalized spacial score (nSPS) is 10.1. The minimum absolute atomic E-state index is 0.0140. The van der Waals surface area contributed by atoms with Gasteiger partial charge in [-0.15, -0.1) is 0 Å². The summed E-state index contributed by atoms with van der Waals surface area (Å²) in [5, 5.41) is 2.72. The minimum atomic E-state index is -0.282. The van der Waals surface area contributed by atoms with Crippen LogP contribution in [0.2, 0.25) is 0 Å². The average molecular weight is 327 g/mol. The lowest BCUT2D eigenvalue weighted by Gasteiger charge is -2.12. The first-order valence-electron chi connectivity index (χ1n) is 7.85. The zero-order valence-electron chi connectivity index (χ0n) is 13.9. The van der Waals surface area contributed by atoms with E-state index in [0.717, 1.165) is 6.42 Å². The first-order valence-corrected chi connectivity index (χ1v) is 7.85. The highest BCUT2D eigenvalue weighted by molar-refractivity contribution is 5.95. The van der Waals surface area contributed by atoms with Crippen LogP contribution < -0.4 is 14.8 Å². The van der Waals surface area contributed by atoms with E-state index in [0.29, 0.717) is 29.4 Å². The highest BCUT2D eigenvalue weighted by atomic mass is 16.5. The van der Waals surface area contributed by atoms with Gasteiger partial charge < -0.3 is 14.8 Å². The molecule has 5 nitrogen and oxygen atoms in total. The van der Waals surface area contributed by atoms with E-state index >= 15 is 0 Å². The summed E-state index contributed by atoms with van der Waals surface area (Å²) in [4.78, 5) is 23.2. The van der Waals surface area contributed by atoms with Crippen molar-refractivity contribution >= 4 is 17.4 Å². The van der Waals surface area contributed by atoms with Crippen LogP contribution >= 0.6 is 0 Å². The number of hydrogen-bond acceptors (Lipinski definition) is 4. The largest absolute Gasteiger partial charge is 0.490 e. The van der Waals surface area contributed by atoms with E-state index in [4.69, 9.17) is 9.47 Å². The van der Waals surface area contributed by atoms with Crippen LogP contribution in [0.1, 0.15) is 30.6 Å². The Morgan fingerprint density at radius 2 is 1.58 bits per heavy atom. The van der Waals surface area contributed by atoms with Crippen molar-refractivity contribution < 1.29 is 19.1 Å². The van der Waals surface area contributed by atoms with E-state index in [1.54, 1.807) is 30.3 Å². The molecule has 5 heteroatoms.